The summed E-state index contributed by atoms with van der Waals surface area (Å²) in [6, 6.07) is 0.846. The molecule has 0 saturated heterocycles. The summed E-state index contributed by atoms with van der Waals surface area (Å²) in [5, 5.41) is 13.2. The number of aromatic nitrogens is 1. The number of rotatable bonds is 7. The number of anilines is 1. The van der Waals surface area contributed by atoms with E-state index in [4.69, 9.17) is 5.73 Å². The molecule has 0 aliphatic carbocycles. The lowest BCUT2D eigenvalue weighted by molar-refractivity contribution is -0.384. The molecule has 1 amide bonds. The van der Waals surface area contributed by atoms with E-state index in [1.54, 1.807) is 0 Å². The van der Waals surface area contributed by atoms with Crippen molar-refractivity contribution in [3.63, 3.8) is 0 Å². The van der Waals surface area contributed by atoms with E-state index in [9.17, 15) is 23.3 Å². The monoisotopic (exact) mass is 317 g/mol. The zero-order valence-corrected chi connectivity index (χ0v) is 12.0. The number of hydrogen-bond acceptors (Lipinski definition) is 7. The van der Waals surface area contributed by atoms with Crippen LogP contribution in [-0.2, 0) is 14.8 Å². The molecular formula is C10H15N5O5S. The molecule has 21 heavy (non-hydrogen) atoms. The third-order valence-corrected chi connectivity index (χ3v) is 3.83. The van der Waals surface area contributed by atoms with E-state index in [1.165, 1.54) is 6.92 Å². The van der Waals surface area contributed by atoms with E-state index >= 15 is 0 Å². The second-order valence-electron chi connectivity index (χ2n) is 4.07. The van der Waals surface area contributed by atoms with Crippen molar-refractivity contribution in [1.82, 2.24) is 15.0 Å². The number of carbonyl (C=O) groups is 1. The fourth-order valence-electron chi connectivity index (χ4n) is 1.38. The van der Waals surface area contributed by atoms with Crippen molar-refractivity contribution in [2.45, 2.75) is 18.2 Å². The van der Waals surface area contributed by atoms with Gasteiger partial charge in [0.2, 0.25) is 21.7 Å². The minimum absolute atomic E-state index is 0.0702. The molecule has 4 N–H and O–H groups in total. The Morgan fingerprint density at radius 1 is 1.48 bits per heavy atom. The van der Waals surface area contributed by atoms with Crippen molar-refractivity contribution >= 4 is 27.4 Å². The number of carbonyl (C=O) groups excluding carboxylic acids is 1. The Morgan fingerprint density at radius 3 is 2.71 bits per heavy atom. The smallest absolute Gasteiger partial charge is 0.312 e. The minimum atomic E-state index is -3.92. The summed E-state index contributed by atoms with van der Waals surface area (Å²) in [4.78, 5) is 23.7. The van der Waals surface area contributed by atoms with Gasteiger partial charge in [0.1, 0.15) is 4.90 Å². The van der Waals surface area contributed by atoms with Gasteiger partial charge in [-0.15, -0.1) is 0 Å². The second-order valence-corrected chi connectivity index (χ2v) is 5.83. The molecule has 0 radical (unpaired) electrons. The molecule has 0 aliphatic heterocycles. The first-order valence-corrected chi connectivity index (χ1v) is 7.36. The standard InChI is InChI=1S/C10H15N5O5S/c1-7(16)12-3-2-4-14-21(19,20)8-5-9(15(17)18)10(11)13-6-8/h5-6,14H,2-4H2,1H3,(H2,11,13)(H,12,16). The number of pyridine rings is 1. The molecule has 0 fully saturated rings. The molecule has 10 nitrogen and oxygen atoms in total. The highest BCUT2D eigenvalue weighted by Gasteiger charge is 2.20. The Bertz CT molecular complexity index is 645. The van der Waals surface area contributed by atoms with E-state index in [1.807, 2.05) is 0 Å². The number of nitrogens with one attached hydrogen (secondary N) is 2. The zero-order valence-electron chi connectivity index (χ0n) is 11.2. The molecule has 1 aromatic rings. The van der Waals surface area contributed by atoms with Crippen LogP contribution < -0.4 is 15.8 Å². The van der Waals surface area contributed by atoms with Crippen molar-refractivity contribution in [2.24, 2.45) is 0 Å². The lowest BCUT2D eigenvalue weighted by Gasteiger charge is -2.07. The molecule has 1 heterocycles. The minimum Gasteiger partial charge on any atom is -0.378 e. The van der Waals surface area contributed by atoms with Gasteiger partial charge in [-0.25, -0.2) is 18.1 Å². The van der Waals surface area contributed by atoms with Crippen LogP contribution in [0.15, 0.2) is 17.2 Å². The van der Waals surface area contributed by atoms with Crippen LogP contribution in [0.1, 0.15) is 13.3 Å². The Hall–Kier alpha value is -2.27. The molecule has 1 aromatic heterocycles. The van der Waals surface area contributed by atoms with Gasteiger partial charge in [0.25, 0.3) is 0 Å². The van der Waals surface area contributed by atoms with E-state index in [0.29, 0.717) is 13.0 Å². The molecular weight excluding hydrogens is 302 g/mol. The average molecular weight is 317 g/mol. The summed E-state index contributed by atoms with van der Waals surface area (Å²) in [7, 11) is -3.92. The van der Waals surface area contributed by atoms with E-state index in [0.717, 1.165) is 12.3 Å². The van der Waals surface area contributed by atoms with Crippen molar-refractivity contribution in [3.8, 4) is 0 Å². The zero-order chi connectivity index (χ0) is 16.0. The summed E-state index contributed by atoms with van der Waals surface area (Å²) < 4.78 is 26.1. The van der Waals surface area contributed by atoms with Crippen LogP contribution in [0, 0.1) is 10.1 Å². The quantitative estimate of drug-likeness (QED) is 0.343. The summed E-state index contributed by atoms with van der Waals surface area (Å²) in [6.07, 6.45) is 1.32. The van der Waals surface area contributed by atoms with E-state index in [2.05, 4.69) is 15.0 Å². The molecule has 0 bridgehead atoms. The van der Waals surface area contributed by atoms with Crippen molar-refractivity contribution in [2.75, 3.05) is 18.8 Å². The number of nitrogens with zero attached hydrogens (tertiary/aromatic N) is 2. The van der Waals surface area contributed by atoms with Crippen LogP contribution in [0.5, 0.6) is 0 Å². The van der Waals surface area contributed by atoms with E-state index in [-0.39, 0.29) is 23.2 Å². The lowest BCUT2D eigenvalue weighted by atomic mass is 10.4. The fraction of sp³-hybridized carbons (Fsp3) is 0.400. The molecule has 0 spiro atoms. The first-order valence-electron chi connectivity index (χ1n) is 5.88. The third kappa shape index (κ3) is 4.96. The maximum absolute atomic E-state index is 11.9. The van der Waals surface area contributed by atoms with Gasteiger partial charge in [-0.3, -0.25) is 14.9 Å². The Morgan fingerprint density at radius 2 is 2.14 bits per heavy atom. The van der Waals surface area contributed by atoms with Gasteiger partial charge >= 0.3 is 5.69 Å². The first-order chi connectivity index (χ1) is 9.74. The molecule has 11 heteroatoms. The SMILES string of the molecule is CC(=O)NCCCNS(=O)(=O)c1cnc(N)c([N+](=O)[O-])c1. The largest absolute Gasteiger partial charge is 0.378 e. The van der Waals surface area contributed by atoms with Gasteiger partial charge in [0.05, 0.1) is 4.92 Å². The highest BCUT2D eigenvalue weighted by Crippen LogP contribution is 2.21. The number of hydrogen-bond donors (Lipinski definition) is 3. The Labute approximate surface area is 120 Å². The summed E-state index contributed by atoms with van der Waals surface area (Å²) in [6.45, 7) is 1.74. The summed E-state index contributed by atoms with van der Waals surface area (Å²) >= 11 is 0. The molecule has 0 atom stereocenters. The van der Waals surface area contributed by atoms with E-state index < -0.39 is 20.6 Å². The second kappa shape index (κ2) is 6.95. The average Bonchev–Trinajstić information content (AvgIpc) is 2.37. The molecule has 116 valence electrons. The van der Waals surface area contributed by atoms with Gasteiger partial charge in [-0.2, -0.15) is 0 Å². The van der Waals surface area contributed by atoms with Crippen LogP contribution in [0.3, 0.4) is 0 Å². The molecule has 0 aliphatic rings. The Kier molecular flexibility index (Phi) is 5.55. The number of nitro groups is 1. The number of sulfonamides is 1. The van der Waals surface area contributed by atoms with Crippen LogP contribution in [-0.4, -0.2) is 37.3 Å². The predicted molar refractivity (Wildman–Crippen MR) is 73.8 cm³/mol. The molecule has 0 saturated carbocycles. The maximum Gasteiger partial charge on any atom is 0.312 e. The molecule has 1 rings (SSSR count). The fourth-order valence-corrected chi connectivity index (χ4v) is 2.42. The predicted octanol–water partition coefficient (Wildman–Crippen LogP) is -0.623. The number of nitrogens with two attached hydrogens (primary N) is 1. The number of nitrogen functional groups attached to an aromatic ring is 1. The maximum atomic E-state index is 11.9. The highest BCUT2D eigenvalue weighted by molar-refractivity contribution is 7.89. The van der Waals surface area contributed by atoms with Gasteiger partial charge in [0, 0.05) is 32.3 Å². The van der Waals surface area contributed by atoms with Gasteiger partial charge in [-0.1, -0.05) is 0 Å². The van der Waals surface area contributed by atoms with Crippen molar-refractivity contribution < 1.29 is 18.1 Å². The molecule has 0 unspecified atom stereocenters. The normalized spacial score (nSPS) is 11.1. The van der Waals surface area contributed by atoms with Crippen molar-refractivity contribution in [3.05, 3.63) is 22.4 Å². The van der Waals surface area contributed by atoms with Crippen LogP contribution in [0.25, 0.3) is 0 Å². The van der Waals surface area contributed by atoms with Gasteiger partial charge in [-0.05, 0) is 6.42 Å². The van der Waals surface area contributed by atoms with Crippen molar-refractivity contribution in [1.29, 1.82) is 0 Å². The topological polar surface area (TPSA) is 157 Å². The van der Waals surface area contributed by atoms with Crippen LogP contribution >= 0.6 is 0 Å². The van der Waals surface area contributed by atoms with Gasteiger partial charge in [0.15, 0.2) is 0 Å². The summed E-state index contributed by atoms with van der Waals surface area (Å²) in [5.41, 5.74) is 4.72. The lowest BCUT2D eigenvalue weighted by Crippen LogP contribution is -2.29. The van der Waals surface area contributed by atoms with Crippen LogP contribution in [0.4, 0.5) is 11.5 Å². The summed E-state index contributed by atoms with van der Waals surface area (Å²) in [5.74, 6) is -0.569. The highest BCUT2D eigenvalue weighted by atomic mass is 32.2. The first kappa shape index (κ1) is 16.8. The number of amides is 1. The van der Waals surface area contributed by atoms with Gasteiger partial charge < -0.3 is 11.1 Å². The molecule has 0 aromatic carbocycles. The Balaban J connectivity index is 2.72. The third-order valence-electron chi connectivity index (χ3n) is 2.40. The van der Waals surface area contributed by atoms with Crippen LogP contribution in [0.2, 0.25) is 0 Å².